The summed E-state index contributed by atoms with van der Waals surface area (Å²) in [5.74, 6) is -0.919. The van der Waals surface area contributed by atoms with Crippen LogP contribution in [-0.4, -0.2) is 64.5 Å². The van der Waals surface area contributed by atoms with Gasteiger partial charge in [-0.15, -0.1) is 0 Å². The summed E-state index contributed by atoms with van der Waals surface area (Å²) >= 11 is 6.14. The molecule has 5 atom stereocenters. The van der Waals surface area contributed by atoms with E-state index in [9.17, 15) is 19.5 Å². The number of benzene rings is 3. The van der Waals surface area contributed by atoms with Crippen molar-refractivity contribution in [3.63, 3.8) is 0 Å². The highest BCUT2D eigenvalue weighted by molar-refractivity contribution is 6.30. The van der Waals surface area contributed by atoms with Gasteiger partial charge in [-0.3, -0.25) is 14.4 Å². The molecule has 0 unspecified atom stereocenters. The van der Waals surface area contributed by atoms with E-state index in [1.807, 2.05) is 98.8 Å². The number of halogens is 1. The smallest absolute Gasteiger partial charge is 0.249 e. The van der Waals surface area contributed by atoms with Gasteiger partial charge >= 0.3 is 0 Å². The molecule has 1 aliphatic rings. The maximum Gasteiger partial charge on any atom is 0.249 e. The maximum atomic E-state index is 14.3. The van der Waals surface area contributed by atoms with Crippen LogP contribution >= 0.6 is 11.6 Å². The molecule has 0 aromatic heterocycles. The van der Waals surface area contributed by atoms with Crippen molar-refractivity contribution in [3.8, 4) is 0 Å². The summed E-state index contributed by atoms with van der Waals surface area (Å²) in [6, 6.07) is 25.7. The second kappa shape index (κ2) is 16.7. The van der Waals surface area contributed by atoms with Crippen LogP contribution in [0.5, 0.6) is 0 Å². The summed E-state index contributed by atoms with van der Waals surface area (Å²) in [5.41, 5.74) is 1.97. The van der Waals surface area contributed by atoms with Crippen LogP contribution < -0.4 is 16.0 Å². The zero-order valence-electron chi connectivity index (χ0n) is 27.0. The van der Waals surface area contributed by atoms with Gasteiger partial charge in [0.1, 0.15) is 11.6 Å². The van der Waals surface area contributed by atoms with E-state index in [4.69, 9.17) is 11.6 Å². The molecule has 4 N–H and O–H groups in total. The summed E-state index contributed by atoms with van der Waals surface area (Å²) in [5, 5.41) is 21.4. The van der Waals surface area contributed by atoms with Crippen molar-refractivity contribution in [1.29, 1.82) is 0 Å². The van der Waals surface area contributed by atoms with Crippen LogP contribution in [-0.2, 0) is 33.8 Å². The molecule has 9 heteroatoms. The van der Waals surface area contributed by atoms with Crippen LogP contribution in [0, 0.1) is 5.92 Å². The van der Waals surface area contributed by atoms with E-state index in [2.05, 4.69) is 16.0 Å². The van der Waals surface area contributed by atoms with Gasteiger partial charge in [0.2, 0.25) is 17.7 Å². The monoisotopic (exact) mass is 646 g/mol. The van der Waals surface area contributed by atoms with Crippen molar-refractivity contribution in [3.05, 3.63) is 107 Å². The molecule has 1 aliphatic heterocycles. The molecule has 0 aliphatic carbocycles. The Labute approximate surface area is 277 Å². The molecule has 246 valence electrons. The first kappa shape index (κ1) is 35.1. The molecule has 0 spiro atoms. The second-order valence-electron chi connectivity index (χ2n) is 12.4. The highest BCUT2D eigenvalue weighted by Crippen LogP contribution is 2.34. The summed E-state index contributed by atoms with van der Waals surface area (Å²) < 4.78 is 0. The van der Waals surface area contributed by atoms with Crippen molar-refractivity contribution in [2.75, 3.05) is 13.1 Å². The number of amides is 3. The average Bonchev–Trinajstić information content (AvgIpc) is 3.36. The average molecular weight is 647 g/mol. The Morgan fingerprint density at radius 1 is 0.978 bits per heavy atom. The van der Waals surface area contributed by atoms with E-state index < -0.39 is 23.7 Å². The van der Waals surface area contributed by atoms with Gasteiger partial charge in [-0.2, -0.15) is 0 Å². The number of aliphatic hydroxyl groups excluding tert-OH is 1. The van der Waals surface area contributed by atoms with Gasteiger partial charge in [-0.1, -0.05) is 105 Å². The van der Waals surface area contributed by atoms with Crippen molar-refractivity contribution in [2.45, 2.75) is 83.1 Å². The van der Waals surface area contributed by atoms with Crippen LogP contribution in [0.2, 0.25) is 5.02 Å². The molecule has 1 saturated heterocycles. The second-order valence-corrected chi connectivity index (χ2v) is 12.8. The first-order valence-electron chi connectivity index (χ1n) is 16.2. The predicted molar refractivity (Wildman–Crippen MR) is 182 cm³/mol. The van der Waals surface area contributed by atoms with E-state index in [0.717, 1.165) is 16.7 Å². The number of nitrogens with zero attached hydrogens (tertiary/aromatic N) is 1. The highest BCUT2D eigenvalue weighted by atomic mass is 35.5. The van der Waals surface area contributed by atoms with E-state index in [1.165, 1.54) is 6.92 Å². The van der Waals surface area contributed by atoms with Crippen molar-refractivity contribution < 1.29 is 19.5 Å². The maximum absolute atomic E-state index is 14.3. The number of aliphatic hydroxyl groups is 1. The SMILES string of the molecule is CC[C@H](C)[C@@]1(NC(C)=O)CCN([C@@H](CCc2ccccc2)C(=O)N[C@@H](Cc2ccccc2)[C@@H](O)CNCc2cccc(Cl)c2)C1=O. The number of hydrogen-bond acceptors (Lipinski definition) is 5. The third-order valence-corrected chi connectivity index (χ3v) is 9.37. The van der Waals surface area contributed by atoms with Gasteiger partial charge in [-0.05, 0) is 60.4 Å². The van der Waals surface area contributed by atoms with Crippen LogP contribution in [0.4, 0.5) is 0 Å². The fourth-order valence-corrected chi connectivity index (χ4v) is 6.59. The lowest BCUT2D eigenvalue weighted by Gasteiger charge is -2.36. The standard InChI is InChI=1S/C37H47ClN4O4/c1-4-26(2)37(41-27(3)43)20-21-42(36(37)46)33(19-18-28-12-7-5-8-13-28)35(45)40-32(23-29-14-9-6-10-15-29)34(44)25-39-24-30-16-11-17-31(38)22-30/h5-17,22,26,32-34,39,44H,4,18-21,23-25H2,1-3H3,(H,40,45)(H,41,43)/t26-,32-,33-,34-,37-/m0/s1. The number of carbonyl (C=O) groups is 3. The van der Waals surface area contributed by atoms with E-state index in [-0.39, 0.29) is 30.2 Å². The van der Waals surface area contributed by atoms with Crippen LogP contribution in [0.25, 0.3) is 0 Å². The van der Waals surface area contributed by atoms with Crippen LogP contribution in [0.1, 0.15) is 56.7 Å². The highest BCUT2D eigenvalue weighted by Gasteiger charge is 2.53. The molecule has 3 aromatic carbocycles. The molecular weight excluding hydrogens is 600 g/mol. The fourth-order valence-electron chi connectivity index (χ4n) is 6.38. The van der Waals surface area contributed by atoms with Crippen molar-refractivity contribution >= 4 is 29.3 Å². The van der Waals surface area contributed by atoms with Crippen molar-refractivity contribution in [2.24, 2.45) is 5.92 Å². The zero-order chi connectivity index (χ0) is 33.1. The molecule has 0 bridgehead atoms. The molecule has 3 amide bonds. The van der Waals surface area contributed by atoms with Gasteiger partial charge in [0.05, 0.1) is 12.1 Å². The van der Waals surface area contributed by atoms with Gasteiger partial charge in [0.15, 0.2) is 0 Å². The lowest BCUT2D eigenvalue weighted by Crippen LogP contribution is -2.60. The van der Waals surface area contributed by atoms with Gasteiger partial charge in [0, 0.05) is 31.6 Å². The van der Waals surface area contributed by atoms with Gasteiger partial charge < -0.3 is 26.0 Å². The number of carbonyl (C=O) groups excluding carboxylic acids is 3. The number of nitrogens with one attached hydrogen (secondary N) is 3. The minimum Gasteiger partial charge on any atom is -0.390 e. The van der Waals surface area contributed by atoms with E-state index in [0.29, 0.717) is 50.2 Å². The largest absolute Gasteiger partial charge is 0.390 e. The minimum atomic E-state index is -1.06. The number of likely N-dealkylation sites (tertiary alicyclic amines) is 1. The fraction of sp³-hybridized carbons (Fsp3) is 0.432. The Kier molecular flexibility index (Phi) is 12.8. The summed E-state index contributed by atoms with van der Waals surface area (Å²) in [6.07, 6.45) is 1.62. The van der Waals surface area contributed by atoms with Gasteiger partial charge in [0.25, 0.3) is 0 Å². The molecule has 0 saturated carbocycles. The first-order valence-corrected chi connectivity index (χ1v) is 16.6. The predicted octanol–water partition coefficient (Wildman–Crippen LogP) is 4.67. The third kappa shape index (κ3) is 9.18. The Balaban J connectivity index is 1.56. The molecule has 0 radical (unpaired) electrons. The van der Waals surface area contributed by atoms with Gasteiger partial charge in [-0.25, -0.2) is 0 Å². The Hall–Kier alpha value is -3.72. The van der Waals surface area contributed by atoms with E-state index >= 15 is 0 Å². The topological polar surface area (TPSA) is 111 Å². The Morgan fingerprint density at radius 3 is 2.26 bits per heavy atom. The lowest BCUT2D eigenvalue weighted by atomic mass is 9.81. The normalized spacial score (nSPS) is 18.9. The quantitative estimate of drug-likeness (QED) is 0.181. The minimum absolute atomic E-state index is 0.107. The first-order chi connectivity index (χ1) is 22.1. The van der Waals surface area contributed by atoms with E-state index in [1.54, 1.807) is 4.90 Å². The molecule has 3 aromatic rings. The number of rotatable bonds is 16. The number of hydrogen-bond donors (Lipinski definition) is 4. The third-order valence-electron chi connectivity index (χ3n) is 9.13. The summed E-state index contributed by atoms with van der Waals surface area (Å²) in [6.45, 7) is 6.49. The summed E-state index contributed by atoms with van der Waals surface area (Å²) in [7, 11) is 0. The molecular formula is C37H47ClN4O4. The zero-order valence-corrected chi connectivity index (χ0v) is 27.8. The van der Waals surface area contributed by atoms with Crippen molar-refractivity contribution in [1.82, 2.24) is 20.9 Å². The van der Waals surface area contributed by atoms with Crippen LogP contribution in [0.15, 0.2) is 84.9 Å². The molecule has 1 fully saturated rings. The number of aryl methyl sites for hydroxylation is 1. The molecule has 8 nitrogen and oxygen atoms in total. The molecule has 4 rings (SSSR count). The summed E-state index contributed by atoms with van der Waals surface area (Å²) in [4.78, 5) is 42.4. The lowest BCUT2D eigenvalue weighted by molar-refractivity contribution is -0.144. The molecule has 46 heavy (non-hydrogen) atoms. The Bertz CT molecular complexity index is 1440. The van der Waals surface area contributed by atoms with Crippen LogP contribution in [0.3, 0.4) is 0 Å². The molecule has 1 heterocycles. The Morgan fingerprint density at radius 2 is 1.63 bits per heavy atom.